The molecule has 1 amide bonds. The van der Waals surface area contributed by atoms with Gasteiger partial charge < -0.3 is 9.73 Å². The highest BCUT2D eigenvalue weighted by molar-refractivity contribution is 6.20. The van der Waals surface area contributed by atoms with Gasteiger partial charge in [0.15, 0.2) is 5.76 Å². The number of Topliss-reactive ketones (excluding diaryl/α,β-unsaturated/α-hetero) is 1. The number of carbonyl (C=O) groups excluding carboxylic acids is 2. The summed E-state index contributed by atoms with van der Waals surface area (Å²) in [6, 6.07) is 6.91. The largest absolute Gasteiger partial charge is 0.461 e. The van der Waals surface area contributed by atoms with E-state index >= 15 is 0 Å². The molecule has 1 N–H and O–H groups in total. The zero-order valence-electron chi connectivity index (χ0n) is 9.14. The predicted molar refractivity (Wildman–Crippen MR) is 60.8 cm³/mol. The number of rotatable bonds is 2. The summed E-state index contributed by atoms with van der Waals surface area (Å²) in [4.78, 5) is 23.9. The monoisotopic (exact) mass is 245 g/mol. The molecule has 18 heavy (non-hydrogen) atoms. The van der Waals surface area contributed by atoms with Gasteiger partial charge in [-0.1, -0.05) is 0 Å². The van der Waals surface area contributed by atoms with Crippen molar-refractivity contribution >= 4 is 17.4 Å². The molecule has 1 aromatic carbocycles. The Morgan fingerprint density at radius 1 is 1.33 bits per heavy atom. The van der Waals surface area contributed by atoms with Gasteiger partial charge in [-0.05, 0) is 35.9 Å². The standard InChI is InChI=1S/C13H8FNO3/c14-7-3-4-9-8(6-7)11(13(17)15-9)12(16)10-2-1-5-18-10/h1-6,11H,(H,15,17). The fourth-order valence-corrected chi connectivity index (χ4v) is 2.05. The Kier molecular flexibility index (Phi) is 2.26. The van der Waals surface area contributed by atoms with Crippen LogP contribution in [0.1, 0.15) is 22.0 Å². The van der Waals surface area contributed by atoms with Crippen LogP contribution in [0.4, 0.5) is 10.1 Å². The molecule has 1 aromatic heterocycles. The molecule has 3 rings (SSSR count). The molecule has 1 unspecified atom stereocenters. The summed E-state index contributed by atoms with van der Waals surface area (Å²) in [6.07, 6.45) is 1.35. The summed E-state index contributed by atoms with van der Waals surface area (Å²) in [5.41, 5.74) is 0.813. The van der Waals surface area contributed by atoms with Crippen molar-refractivity contribution in [2.75, 3.05) is 5.32 Å². The quantitative estimate of drug-likeness (QED) is 0.652. The molecule has 2 aromatic rings. The lowest BCUT2D eigenvalue weighted by Gasteiger charge is -2.05. The second-order valence-electron chi connectivity index (χ2n) is 4.00. The third-order valence-corrected chi connectivity index (χ3v) is 2.87. The first-order valence-corrected chi connectivity index (χ1v) is 5.35. The Hall–Kier alpha value is -2.43. The molecule has 1 atom stereocenters. The molecule has 4 nitrogen and oxygen atoms in total. The van der Waals surface area contributed by atoms with E-state index in [4.69, 9.17) is 4.42 Å². The van der Waals surface area contributed by atoms with Crippen LogP contribution in [0.25, 0.3) is 0 Å². The first-order valence-electron chi connectivity index (χ1n) is 5.35. The van der Waals surface area contributed by atoms with Gasteiger partial charge in [0.05, 0.1) is 6.26 Å². The van der Waals surface area contributed by atoms with Crippen LogP contribution < -0.4 is 5.32 Å². The average molecular weight is 245 g/mol. The minimum atomic E-state index is -1.04. The maximum absolute atomic E-state index is 13.2. The van der Waals surface area contributed by atoms with Crippen LogP contribution in [0.5, 0.6) is 0 Å². The number of carbonyl (C=O) groups is 2. The van der Waals surface area contributed by atoms with E-state index in [2.05, 4.69) is 5.32 Å². The molecule has 0 saturated carbocycles. The number of benzene rings is 1. The van der Waals surface area contributed by atoms with Crippen molar-refractivity contribution in [2.45, 2.75) is 5.92 Å². The number of hydrogen-bond acceptors (Lipinski definition) is 3. The second-order valence-corrected chi connectivity index (χ2v) is 4.00. The van der Waals surface area contributed by atoms with E-state index in [1.54, 1.807) is 6.07 Å². The van der Waals surface area contributed by atoms with Gasteiger partial charge in [-0.25, -0.2) is 4.39 Å². The van der Waals surface area contributed by atoms with Gasteiger partial charge in [-0.2, -0.15) is 0 Å². The number of fused-ring (bicyclic) bond motifs is 1. The van der Waals surface area contributed by atoms with Crippen LogP contribution in [-0.2, 0) is 4.79 Å². The fourth-order valence-electron chi connectivity index (χ4n) is 2.05. The van der Waals surface area contributed by atoms with E-state index in [1.807, 2.05) is 0 Å². The smallest absolute Gasteiger partial charge is 0.240 e. The first kappa shape index (κ1) is 10.7. The van der Waals surface area contributed by atoms with Crippen molar-refractivity contribution in [3.63, 3.8) is 0 Å². The van der Waals surface area contributed by atoms with Crippen molar-refractivity contribution in [3.05, 3.63) is 53.7 Å². The molecule has 1 aliphatic rings. The highest BCUT2D eigenvalue weighted by Gasteiger charge is 2.38. The molecule has 5 heteroatoms. The topological polar surface area (TPSA) is 59.3 Å². The number of nitrogens with one attached hydrogen (secondary N) is 1. The Bertz CT molecular complexity index is 634. The minimum Gasteiger partial charge on any atom is -0.461 e. The van der Waals surface area contributed by atoms with Gasteiger partial charge in [-0.3, -0.25) is 9.59 Å². The SMILES string of the molecule is O=C1Nc2ccc(F)cc2C1C(=O)c1ccco1. The number of hydrogen-bond donors (Lipinski definition) is 1. The van der Waals surface area contributed by atoms with Crippen molar-refractivity contribution in [3.8, 4) is 0 Å². The Balaban J connectivity index is 2.06. The van der Waals surface area contributed by atoms with E-state index in [0.717, 1.165) is 0 Å². The first-order chi connectivity index (χ1) is 8.66. The maximum atomic E-state index is 13.2. The molecule has 0 saturated heterocycles. The summed E-state index contributed by atoms with van der Waals surface area (Å²) in [6.45, 7) is 0. The van der Waals surface area contributed by atoms with Crippen LogP contribution in [0.3, 0.4) is 0 Å². The summed E-state index contributed by atoms with van der Waals surface area (Å²) >= 11 is 0. The number of anilines is 1. The van der Waals surface area contributed by atoms with Crippen LogP contribution in [-0.4, -0.2) is 11.7 Å². The summed E-state index contributed by atoms with van der Waals surface area (Å²) in [5, 5.41) is 2.55. The van der Waals surface area contributed by atoms with Gasteiger partial charge in [0.1, 0.15) is 11.7 Å². The normalized spacial score (nSPS) is 17.4. The van der Waals surface area contributed by atoms with Crippen molar-refractivity contribution in [1.82, 2.24) is 0 Å². The molecule has 0 fully saturated rings. The lowest BCUT2D eigenvalue weighted by molar-refractivity contribution is -0.116. The lowest BCUT2D eigenvalue weighted by Crippen LogP contribution is -2.20. The number of furan rings is 1. The second kappa shape index (κ2) is 3.80. The maximum Gasteiger partial charge on any atom is 0.240 e. The third kappa shape index (κ3) is 1.52. The highest BCUT2D eigenvalue weighted by Crippen LogP contribution is 2.35. The minimum absolute atomic E-state index is 0.0901. The number of halogens is 1. The van der Waals surface area contributed by atoms with Crippen LogP contribution in [0, 0.1) is 5.82 Å². The Labute approximate surface area is 101 Å². The molecule has 0 radical (unpaired) electrons. The Morgan fingerprint density at radius 3 is 2.89 bits per heavy atom. The summed E-state index contributed by atoms with van der Waals surface area (Å²) in [5.74, 6) is -2.37. The number of amides is 1. The van der Waals surface area contributed by atoms with Gasteiger partial charge in [0.2, 0.25) is 11.7 Å². The van der Waals surface area contributed by atoms with E-state index in [1.165, 1.54) is 30.5 Å². The fraction of sp³-hybridized carbons (Fsp3) is 0.0769. The third-order valence-electron chi connectivity index (χ3n) is 2.87. The zero-order chi connectivity index (χ0) is 12.7. The molecular weight excluding hydrogens is 237 g/mol. The lowest BCUT2D eigenvalue weighted by atomic mass is 9.95. The molecule has 0 bridgehead atoms. The molecule has 90 valence electrons. The van der Waals surface area contributed by atoms with E-state index in [-0.39, 0.29) is 5.76 Å². The molecular formula is C13H8FNO3. The average Bonchev–Trinajstić information content (AvgIpc) is 2.94. The number of ketones is 1. The van der Waals surface area contributed by atoms with Crippen LogP contribution in [0.2, 0.25) is 0 Å². The van der Waals surface area contributed by atoms with Crippen molar-refractivity contribution < 1.29 is 18.4 Å². The van der Waals surface area contributed by atoms with Crippen LogP contribution >= 0.6 is 0 Å². The molecule has 0 aliphatic carbocycles. The summed E-state index contributed by atoms with van der Waals surface area (Å²) in [7, 11) is 0. The van der Waals surface area contributed by atoms with Crippen molar-refractivity contribution in [1.29, 1.82) is 0 Å². The summed E-state index contributed by atoms with van der Waals surface area (Å²) < 4.78 is 18.2. The molecule has 0 spiro atoms. The van der Waals surface area contributed by atoms with Gasteiger partial charge in [0, 0.05) is 5.69 Å². The highest BCUT2D eigenvalue weighted by atomic mass is 19.1. The van der Waals surface area contributed by atoms with Gasteiger partial charge in [0.25, 0.3) is 0 Å². The van der Waals surface area contributed by atoms with E-state index < -0.39 is 23.4 Å². The Morgan fingerprint density at radius 2 is 2.17 bits per heavy atom. The van der Waals surface area contributed by atoms with Gasteiger partial charge in [-0.15, -0.1) is 0 Å². The van der Waals surface area contributed by atoms with Crippen LogP contribution in [0.15, 0.2) is 41.0 Å². The molecule has 1 aliphatic heterocycles. The predicted octanol–water partition coefficient (Wildman–Crippen LogP) is 2.34. The van der Waals surface area contributed by atoms with E-state index in [9.17, 15) is 14.0 Å². The zero-order valence-corrected chi connectivity index (χ0v) is 9.14. The van der Waals surface area contributed by atoms with Crippen molar-refractivity contribution in [2.24, 2.45) is 0 Å². The van der Waals surface area contributed by atoms with Gasteiger partial charge >= 0.3 is 0 Å². The van der Waals surface area contributed by atoms with E-state index in [0.29, 0.717) is 11.3 Å². The molecule has 2 heterocycles.